The Morgan fingerprint density at radius 1 is 0.355 bits per heavy atom. The maximum atomic E-state index is 2.55. The van der Waals surface area contributed by atoms with Gasteiger partial charge in [0.1, 0.15) is 0 Å². The van der Waals surface area contributed by atoms with E-state index in [9.17, 15) is 0 Å². The first kappa shape index (κ1) is 36.0. The van der Waals surface area contributed by atoms with Crippen LogP contribution in [0.4, 0.5) is 11.4 Å². The topological polar surface area (TPSA) is 8.17 Å². The predicted molar refractivity (Wildman–Crippen MR) is 260 cm³/mol. The molecule has 1 atom stereocenters. The van der Waals surface area contributed by atoms with Gasteiger partial charge in [0, 0.05) is 51.7 Å². The van der Waals surface area contributed by atoms with Gasteiger partial charge in [0.2, 0.25) is 0 Å². The summed E-state index contributed by atoms with van der Waals surface area (Å²) in [5.41, 5.74) is 22.3. The zero-order valence-corrected chi connectivity index (χ0v) is 34.2. The molecule has 12 rings (SSSR count). The molecule has 1 aromatic heterocycles. The fourth-order valence-electron chi connectivity index (χ4n) is 9.95. The lowest BCUT2D eigenvalue weighted by Gasteiger charge is -2.27. The maximum Gasteiger partial charge on any atom is 0.0537 e. The predicted octanol–water partition coefficient (Wildman–Crippen LogP) is 15.8. The molecule has 0 fully saturated rings. The van der Waals surface area contributed by atoms with Crippen molar-refractivity contribution < 1.29 is 0 Å². The van der Waals surface area contributed by atoms with E-state index >= 15 is 0 Å². The normalized spacial score (nSPS) is 14.0. The van der Waals surface area contributed by atoms with Crippen LogP contribution in [-0.2, 0) is 6.42 Å². The van der Waals surface area contributed by atoms with E-state index in [1.54, 1.807) is 0 Å². The first-order valence-electron chi connectivity index (χ1n) is 21.6. The summed E-state index contributed by atoms with van der Waals surface area (Å²) in [6, 6.07) is 84.2. The molecule has 9 aromatic carbocycles. The van der Waals surface area contributed by atoms with Gasteiger partial charge in [-0.3, -0.25) is 0 Å². The second-order valence-corrected chi connectivity index (χ2v) is 16.5. The van der Waals surface area contributed by atoms with E-state index in [0.29, 0.717) is 0 Å². The second-order valence-electron chi connectivity index (χ2n) is 16.5. The van der Waals surface area contributed by atoms with Crippen molar-refractivity contribution >= 4 is 28.4 Å². The van der Waals surface area contributed by atoms with Crippen molar-refractivity contribution in [2.75, 3.05) is 4.90 Å². The van der Waals surface area contributed by atoms with Gasteiger partial charge in [-0.15, -0.1) is 0 Å². The van der Waals surface area contributed by atoms with Crippen molar-refractivity contribution in [2.45, 2.75) is 12.3 Å². The molecule has 0 bridgehead atoms. The van der Waals surface area contributed by atoms with Crippen molar-refractivity contribution in [3.63, 3.8) is 0 Å². The lowest BCUT2D eigenvalue weighted by atomic mass is 9.87. The average Bonchev–Trinajstić information content (AvgIpc) is 3.86. The van der Waals surface area contributed by atoms with Crippen molar-refractivity contribution in [3.05, 3.63) is 253 Å². The molecule has 1 aliphatic heterocycles. The van der Waals surface area contributed by atoms with E-state index in [2.05, 4.69) is 246 Å². The summed E-state index contributed by atoms with van der Waals surface area (Å²) in [5.74, 6) is 0.211. The number of rotatable bonds is 7. The molecule has 2 heteroatoms. The quantitative estimate of drug-likeness (QED) is 0.156. The molecule has 1 aliphatic carbocycles. The van der Waals surface area contributed by atoms with Gasteiger partial charge < -0.3 is 9.47 Å². The molecular weight excluding hydrogens is 749 g/mol. The van der Waals surface area contributed by atoms with Gasteiger partial charge in [-0.2, -0.15) is 0 Å². The van der Waals surface area contributed by atoms with Crippen molar-refractivity contribution in [1.29, 1.82) is 0 Å². The zero-order chi connectivity index (χ0) is 41.0. The molecular formula is C60H42N2. The van der Waals surface area contributed by atoms with Crippen LogP contribution in [0.15, 0.2) is 236 Å². The molecule has 1 unspecified atom stereocenters. The van der Waals surface area contributed by atoms with Crippen LogP contribution in [0.3, 0.4) is 0 Å². The van der Waals surface area contributed by atoms with E-state index < -0.39 is 0 Å². The Labute approximate surface area is 363 Å². The number of nitrogens with zero attached hydrogens (tertiary/aromatic N) is 2. The van der Waals surface area contributed by atoms with E-state index in [1.165, 1.54) is 106 Å². The monoisotopic (exact) mass is 790 g/mol. The number of allylic oxidation sites excluding steroid dienone is 1. The van der Waals surface area contributed by atoms with Gasteiger partial charge in [0.15, 0.2) is 0 Å². The molecule has 10 aromatic rings. The van der Waals surface area contributed by atoms with Gasteiger partial charge in [0.25, 0.3) is 0 Å². The first-order chi connectivity index (χ1) is 30.7. The van der Waals surface area contributed by atoms with E-state index in [4.69, 9.17) is 0 Å². The smallest absolute Gasteiger partial charge is 0.0537 e. The van der Waals surface area contributed by atoms with Crippen LogP contribution >= 0.6 is 0 Å². The zero-order valence-electron chi connectivity index (χ0n) is 34.2. The molecule has 62 heavy (non-hydrogen) atoms. The minimum absolute atomic E-state index is 0.211. The first-order valence-corrected chi connectivity index (χ1v) is 21.6. The highest BCUT2D eigenvalue weighted by molar-refractivity contribution is 5.97. The molecule has 0 saturated heterocycles. The van der Waals surface area contributed by atoms with Crippen LogP contribution in [0, 0.1) is 0 Å². The molecule has 2 nitrogen and oxygen atoms in total. The summed E-state index contributed by atoms with van der Waals surface area (Å²) in [6.07, 6.45) is 3.39. The van der Waals surface area contributed by atoms with Crippen molar-refractivity contribution in [1.82, 2.24) is 4.57 Å². The fourth-order valence-corrected chi connectivity index (χ4v) is 9.95. The molecule has 292 valence electrons. The average molecular weight is 791 g/mol. The van der Waals surface area contributed by atoms with Crippen molar-refractivity contribution in [2.24, 2.45) is 0 Å². The molecule has 0 spiro atoms. The second kappa shape index (κ2) is 15.0. The van der Waals surface area contributed by atoms with E-state index in [-0.39, 0.29) is 5.92 Å². The van der Waals surface area contributed by atoms with Gasteiger partial charge in [0.05, 0.1) is 5.52 Å². The van der Waals surface area contributed by atoms with Crippen LogP contribution in [-0.4, -0.2) is 4.57 Å². The minimum atomic E-state index is 0.211. The lowest BCUT2D eigenvalue weighted by Crippen LogP contribution is -2.18. The van der Waals surface area contributed by atoms with Gasteiger partial charge in [-0.25, -0.2) is 0 Å². The molecule has 2 heterocycles. The third kappa shape index (κ3) is 6.19. The van der Waals surface area contributed by atoms with Crippen molar-refractivity contribution in [3.8, 4) is 61.3 Å². The number of fused-ring (bicyclic) bond motifs is 6. The van der Waals surface area contributed by atoms with Crippen LogP contribution in [0.5, 0.6) is 0 Å². The highest BCUT2D eigenvalue weighted by Crippen LogP contribution is 2.53. The van der Waals surface area contributed by atoms with Crippen LogP contribution in [0.25, 0.3) is 78.3 Å². The summed E-state index contributed by atoms with van der Waals surface area (Å²) in [6.45, 7) is 0. The Morgan fingerprint density at radius 2 is 0.790 bits per heavy atom. The molecule has 0 saturated carbocycles. The third-order valence-corrected chi connectivity index (χ3v) is 12.9. The lowest BCUT2D eigenvalue weighted by molar-refractivity contribution is 0.761. The number of anilines is 2. The number of hydrogen-bond donors (Lipinski definition) is 0. The largest absolute Gasteiger partial charge is 0.313 e. The number of aromatic nitrogens is 1. The highest BCUT2D eigenvalue weighted by atomic mass is 15.2. The molecule has 0 amide bonds. The SMILES string of the molecule is C1=C2C(Cc3c1c1ccccc1n3-c1cc(-c3ccccc3)cc(-c3ccccc3)c1)c1ccccc1N2c1ccc(-c2cc(-c3ccccc3)cc(-c3ccccc3)c2)cc1. The molecule has 0 radical (unpaired) electrons. The number of benzene rings is 9. The van der Waals surface area contributed by atoms with Crippen LogP contribution in [0.1, 0.15) is 22.7 Å². The summed E-state index contributed by atoms with van der Waals surface area (Å²) in [4.78, 5) is 2.51. The summed E-state index contributed by atoms with van der Waals surface area (Å²) < 4.78 is 2.55. The summed E-state index contributed by atoms with van der Waals surface area (Å²) in [5, 5.41) is 1.28. The standard InChI is InChI=1S/C60H42N2/c1-5-17-41(18-6-1)46-33-47(42-19-7-2-8-20-42)35-48(34-46)45-29-31-51(32-30-45)61-57-27-15-13-25-53(57)55-40-60-56(39-59(55)61)54-26-14-16-28-58(54)62(60)52-37-49(43-21-9-3-10-22-43)36-50(38-52)44-23-11-4-12-24-44/h1-39,55H,40H2. The minimum Gasteiger partial charge on any atom is -0.313 e. The number of hydrogen-bond acceptors (Lipinski definition) is 1. The third-order valence-electron chi connectivity index (χ3n) is 12.9. The summed E-state index contributed by atoms with van der Waals surface area (Å²) in [7, 11) is 0. The Hall–Kier alpha value is -7.94. The molecule has 2 aliphatic rings. The van der Waals surface area contributed by atoms with E-state index in [1.807, 2.05) is 0 Å². The van der Waals surface area contributed by atoms with Crippen LogP contribution in [0.2, 0.25) is 0 Å². The maximum absolute atomic E-state index is 2.55. The van der Waals surface area contributed by atoms with Gasteiger partial charge >= 0.3 is 0 Å². The van der Waals surface area contributed by atoms with Gasteiger partial charge in [-0.1, -0.05) is 170 Å². The molecule has 0 N–H and O–H groups in total. The van der Waals surface area contributed by atoms with E-state index in [0.717, 1.165) is 6.42 Å². The Bertz CT molecular complexity index is 3170. The summed E-state index contributed by atoms with van der Waals surface area (Å²) >= 11 is 0. The Kier molecular flexibility index (Phi) is 8.67. The Balaban J connectivity index is 0.983. The fraction of sp³-hybridized carbons (Fsp3) is 0.0333. The highest BCUT2D eigenvalue weighted by Gasteiger charge is 2.39. The van der Waals surface area contributed by atoms with Gasteiger partial charge in [-0.05, 0) is 128 Å². The van der Waals surface area contributed by atoms with Crippen LogP contribution < -0.4 is 4.90 Å². The number of para-hydroxylation sites is 2. The Morgan fingerprint density at radius 3 is 1.32 bits per heavy atom.